The molecule has 1 amide bonds. The lowest BCUT2D eigenvalue weighted by molar-refractivity contribution is -0.273. The number of hydrogen-bond donors (Lipinski definition) is 2. The third-order valence-corrected chi connectivity index (χ3v) is 4.98. The van der Waals surface area contributed by atoms with Gasteiger partial charge in [0.15, 0.2) is 5.79 Å². The number of alkyl carbamates (subject to hydrolysis) is 1. The van der Waals surface area contributed by atoms with Crippen molar-refractivity contribution >= 4 is 28.7 Å². The Kier molecular flexibility index (Phi) is 5.75. The van der Waals surface area contributed by atoms with E-state index in [1.54, 1.807) is 6.20 Å². The van der Waals surface area contributed by atoms with E-state index in [1.165, 1.54) is 0 Å². The summed E-state index contributed by atoms with van der Waals surface area (Å²) >= 11 is 2.27. The van der Waals surface area contributed by atoms with Crippen molar-refractivity contribution in [1.29, 1.82) is 0 Å². The first-order valence-electron chi connectivity index (χ1n) is 9.09. The summed E-state index contributed by atoms with van der Waals surface area (Å²) in [6.45, 7) is 9.54. The van der Waals surface area contributed by atoms with Crippen LogP contribution in [0.15, 0.2) is 30.5 Å². The van der Waals surface area contributed by atoms with Gasteiger partial charge in [-0.05, 0) is 74.9 Å². The number of carbonyl (C=O) groups is 1. The average Bonchev–Trinajstić information content (AvgIpc) is 3.07. The normalized spacial score (nSPS) is 18.5. The van der Waals surface area contributed by atoms with Gasteiger partial charge in [-0.1, -0.05) is 12.1 Å². The van der Waals surface area contributed by atoms with Crippen LogP contribution in [-0.2, 0) is 19.7 Å². The van der Waals surface area contributed by atoms with Gasteiger partial charge in [0.05, 0.1) is 25.1 Å². The zero-order valence-corrected chi connectivity index (χ0v) is 18.9. The van der Waals surface area contributed by atoms with Crippen molar-refractivity contribution in [3.8, 4) is 11.3 Å². The molecule has 1 aliphatic heterocycles. The Labute approximate surface area is 178 Å². The maximum Gasteiger partial charge on any atom is 0.408 e. The summed E-state index contributed by atoms with van der Waals surface area (Å²) in [4.78, 5) is 20.3. The second-order valence-corrected chi connectivity index (χ2v) is 9.58. The molecule has 1 saturated heterocycles. The van der Waals surface area contributed by atoms with Crippen LogP contribution < -0.4 is 5.32 Å². The van der Waals surface area contributed by atoms with Gasteiger partial charge in [0.25, 0.3) is 0 Å². The first-order valence-corrected chi connectivity index (χ1v) is 10.2. The summed E-state index contributed by atoms with van der Waals surface area (Å²) in [7, 11) is 0. The lowest BCUT2D eigenvalue weighted by atomic mass is 9.99. The van der Waals surface area contributed by atoms with E-state index in [9.17, 15) is 4.79 Å². The smallest absolute Gasteiger partial charge is 0.408 e. The highest BCUT2D eigenvalue weighted by molar-refractivity contribution is 14.1. The highest BCUT2D eigenvalue weighted by Crippen LogP contribution is 2.31. The number of nitrogens with one attached hydrogen (secondary N) is 2. The number of halogens is 1. The van der Waals surface area contributed by atoms with Crippen molar-refractivity contribution in [2.75, 3.05) is 13.2 Å². The van der Waals surface area contributed by atoms with E-state index in [1.807, 2.05) is 58.9 Å². The average molecular weight is 499 g/mol. The van der Waals surface area contributed by atoms with E-state index in [-0.39, 0.29) is 13.2 Å². The monoisotopic (exact) mass is 499 g/mol. The molecule has 8 heteroatoms. The fourth-order valence-corrected chi connectivity index (χ4v) is 3.14. The predicted molar refractivity (Wildman–Crippen MR) is 114 cm³/mol. The molecule has 28 heavy (non-hydrogen) atoms. The van der Waals surface area contributed by atoms with Crippen LogP contribution in [-0.4, -0.2) is 40.7 Å². The third kappa shape index (κ3) is 5.03. The van der Waals surface area contributed by atoms with Crippen molar-refractivity contribution in [2.45, 2.75) is 51.5 Å². The number of benzene rings is 1. The van der Waals surface area contributed by atoms with E-state index in [0.717, 1.165) is 14.8 Å². The van der Waals surface area contributed by atoms with Gasteiger partial charge in [-0.25, -0.2) is 9.78 Å². The molecule has 0 unspecified atom stereocenters. The van der Waals surface area contributed by atoms with E-state index in [2.05, 4.69) is 37.9 Å². The molecule has 0 atom stereocenters. The number of carbonyl (C=O) groups excluding carboxylic acids is 1. The van der Waals surface area contributed by atoms with Gasteiger partial charge in [-0.2, -0.15) is 0 Å². The fraction of sp³-hybridized carbons (Fsp3) is 0.500. The van der Waals surface area contributed by atoms with Gasteiger partial charge in [0, 0.05) is 3.57 Å². The topological polar surface area (TPSA) is 85.5 Å². The highest BCUT2D eigenvalue weighted by atomic mass is 127. The Bertz CT molecular complexity index is 830. The van der Waals surface area contributed by atoms with Crippen LogP contribution in [0, 0.1) is 3.57 Å². The molecule has 0 bridgehead atoms. The molecular formula is C20H26IN3O4. The van der Waals surface area contributed by atoms with Crippen LogP contribution in [0.25, 0.3) is 11.3 Å². The number of H-pyrrole nitrogens is 1. The standard InChI is InChI=1S/C20H26IN3O4/c1-18(2,3)28-17(25)24-20(11-26-19(4,5)27-12-20)16-22-10-15(23-16)13-6-8-14(21)9-7-13/h6-10H,11-12H2,1-5H3,(H,22,23)(H,24,25). The molecule has 2 N–H and O–H groups in total. The molecule has 2 heterocycles. The van der Waals surface area contributed by atoms with Gasteiger partial charge in [-0.15, -0.1) is 0 Å². The van der Waals surface area contributed by atoms with Gasteiger partial charge in [0.1, 0.15) is 17.0 Å². The maximum atomic E-state index is 12.5. The lowest BCUT2D eigenvalue weighted by Crippen LogP contribution is -2.59. The van der Waals surface area contributed by atoms with Crippen molar-refractivity contribution in [3.63, 3.8) is 0 Å². The summed E-state index contributed by atoms with van der Waals surface area (Å²) in [6.07, 6.45) is 1.20. The van der Waals surface area contributed by atoms with Gasteiger partial charge < -0.3 is 24.5 Å². The summed E-state index contributed by atoms with van der Waals surface area (Å²) in [6, 6.07) is 8.09. The van der Waals surface area contributed by atoms with Crippen LogP contribution in [0.5, 0.6) is 0 Å². The molecule has 0 radical (unpaired) electrons. The van der Waals surface area contributed by atoms with Gasteiger partial charge >= 0.3 is 6.09 Å². The van der Waals surface area contributed by atoms with Crippen LogP contribution in [0.2, 0.25) is 0 Å². The number of nitrogens with zero attached hydrogens (tertiary/aromatic N) is 1. The van der Waals surface area contributed by atoms with Crippen molar-refractivity contribution < 1.29 is 19.0 Å². The minimum absolute atomic E-state index is 0.207. The molecule has 7 nitrogen and oxygen atoms in total. The molecule has 0 saturated carbocycles. The van der Waals surface area contributed by atoms with Crippen LogP contribution in [0.4, 0.5) is 4.79 Å². The quantitative estimate of drug-likeness (QED) is 0.619. The van der Waals surface area contributed by atoms with Gasteiger partial charge in [-0.3, -0.25) is 0 Å². The Morgan fingerprint density at radius 1 is 1.21 bits per heavy atom. The Morgan fingerprint density at radius 3 is 2.39 bits per heavy atom. The Balaban J connectivity index is 1.89. The molecule has 3 rings (SSSR count). The van der Waals surface area contributed by atoms with Crippen molar-refractivity contribution in [2.24, 2.45) is 0 Å². The Morgan fingerprint density at radius 2 is 1.82 bits per heavy atom. The number of hydrogen-bond acceptors (Lipinski definition) is 5. The van der Waals surface area contributed by atoms with Crippen LogP contribution in [0.1, 0.15) is 40.4 Å². The zero-order valence-electron chi connectivity index (χ0n) is 16.8. The SMILES string of the molecule is CC(C)(C)OC(=O)NC1(c2ncc(-c3ccc(I)cc3)[nH]2)COC(C)(C)OC1. The van der Waals surface area contributed by atoms with Gasteiger partial charge in [0.2, 0.25) is 0 Å². The maximum absolute atomic E-state index is 12.5. The number of aromatic nitrogens is 2. The summed E-state index contributed by atoms with van der Waals surface area (Å²) in [5.41, 5.74) is 0.265. The van der Waals surface area contributed by atoms with Crippen LogP contribution in [0.3, 0.4) is 0 Å². The molecule has 1 aromatic carbocycles. The first-order chi connectivity index (χ1) is 13.0. The fourth-order valence-electron chi connectivity index (χ4n) is 2.78. The number of rotatable bonds is 3. The number of aromatic amines is 1. The van der Waals surface area contributed by atoms with E-state index in [4.69, 9.17) is 14.2 Å². The molecule has 152 valence electrons. The third-order valence-electron chi connectivity index (χ3n) is 4.26. The summed E-state index contributed by atoms with van der Waals surface area (Å²) in [5, 5.41) is 2.91. The minimum atomic E-state index is -0.973. The summed E-state index contributed by atoms with van der Waals surface area (Å²) in [5.74, 6) is -0.174. The number of ether oxygens (including phenoxy) is 3. The molecule has 0 aliphatic carbocycles. The molecule has 2 aromatic rings. The number of amides is 1. The van der Waals surface area contributed by atoms with Crippen molar-refractivity contribution in [1.82, 2.24) is 15.3 Å². The first kappa shape index (κ1) is 21.1. The summed E-state index contributed by atoms with van der Waals surface area (Å²) < 4.78 is 18.3. The van der Waals surface area contributed by atoms with Crippen molar-refractivity contribution in [3.05, 3.63) is 39.9 Å². The Hall–Kier alpha value is -1.65. The second-order valence-electron chi connectivity index (χ2n) is 8.34. The lowest BCUT2D eigenvalue weighted by Gasteiger charge is -2.42. The number of imidazole rings is 1. The van der Waals surface area contributed by atoms with E-state index >= 15 is 0 Å². The van der Waals surface area contributed by atoms with E-state index in [0.29, 0.717) is 5.82 Å². The molecule has 0 spiro atoms. The molecular weight excluding hydrogens is 473 g/mol. The second kappa shape index (κ2) is 7.64. The molecule has 1 fully saturated rings. The largest absolute Gasteiger partial charge is 0.444 e. The highest BCUT2D eigenvalue weighted by Gasteiger charge is 2.45. The minimum Gasteiger partial charge on any atom is -0.444 e. The molecule has 1 aliphatic rings. The molecule has 1 aromatic heterocycles. The van der Waals surface area contributed by atoms with Crippen LogP contribution >= 0.6 is 22.6 Å². The zero-order chi connectivity index (χ0) is 20.6. The predicted octanol–water partition coefficient (Wildman–Crippen LogP) is 4.18. The van der Waals surface area contributed by atoms with E-state index < -0.39 is 23.0 Å².